The summed E-state index contributed by atoms with van der Waals surface area (Å²) in [6, 6.07) is 58.0. The Kier molecular flexibility index (Phi) is 6.38. The third kappa shape index (κ3) is 4.51. The molecule has 7 aromatic carbocycles. The lowest BCUT2D eigenvalue weighted by Crippen LogP contribution is -2.14. The number of aromatic nitrogens is 1. The monoisotopic (exact) mass is 665 g/mol. The van der Waals surface area contributed by atoms with Crippen molar-refractivity contribution in [3.8, 4) is 50.2 Å². The number of nitrogens with zero attached hydrogens (tertiary/aromatic N) is 1. The Morgan fingerprint density at radius 1 is 0.426 bits per heavy atom. The first-order valence-electron chi connectivity index (χ1n) is 16.2. The van der Waals surface area contributed by atoms with Crippen molar-refractivity contribution < 1.29 is 0 Å². The Morgan fingerprint density at radius 3 is 1.55 bits per heavy atom. The molecule has 0 atom stereocenters. The molecule has 1 nitrogen and oxygen atoms in total. The maximum absolute atomic E-state index is 3.55. The number of rotatable bonds is 4. The molecular formula is C45H32BrN. The van der Waals surface area contributed by atoms with Crippen LogP contribution in [0, 0.1) is 0 Å². The largest absolute Gasteiger partial charge is 0.309 e. The third-order valence-electron chi connectivity index (χ3n) is 10.1. The van der Waals surface area contributed by atoms with E-state index in [9.17, 15) is 0 Å². The second-order valence-corrected chi connectivity index (χ2v) is 14.1. The normalized spacial score (nSPS) is 13.2. The molecule has 0 radical (unpaired) electrons. The summed E-state index contributed by atoms with van der Waals surface area (Å²) in [7, 11) is 0. The molecule has 0 bridgehead atoms. The van der Waals surface area contributed by atoms with Crippen molar-refractivity contribution in [1.29, 1.82) is 0 Å². The Labute approximate surface area is 283 Å². The summed E-state index contributed by atoms with van der Waals surface area (Å²) < 4.78 is 3.49. The van der Waals surface area contributed by atoms with E-state index < -0.39 is 0 Å². The SMILES string of the molecule is CC1(C)c2ccccc2-c2ccc(-c3ccc4c(c3)c3cc(-c5ccc(-c6ccc(Br)cc6)cc5)ccc3n4-c3ccccc3)cc21. The van der Waals surface area contributed by atoms with Gasteiger partial charge < -0.3 is 4.57 Å². The molecule has 8 aromatic rings. The van der Waals surface area contributed by atoms with Gasteiger partial charge in [0, 0.05) is 26.3 Å². The molecule has 0 amide bonds. The molecule has 0 spiro atoms. The molecule has 2 heteroatoms. The van der Waals surface area contributed by atoms with Crippen LogP contribution in [0.2, 0.25) is 0 Å². The van der Waals surface area contributed by atoms with Gasteiger partial charge in [0.2, 0.25) is 0 Å². The van der Waals surface area contributed by atoms with E-state index in [1.165, 1.54) is 83.1 Å². The molecule has 1 heterocycles. The molecule has 0 saturated heterocycles. The number of halogens is 1. The number of fused-ring (bicyclic) bond motifs is 6. The van der Waals surface area contributed by atoms with Crippen molar-refractivity contribution in [2.45, 2.75) is 19.3 Å². The van der Waals surface area contributed by atoms with Gasteiger partial charge in [-0.15, -0.1) is 0 Å². The van der Waals surface area contributed by atoms with Gasteiger partial charge in [0.05, 0.1) is 11.0 Å². The van der Waals surface area contributed by atoms with Gasteiger partial charge in [-0.05, 0) is 110 Å². The van der Waals surface area contributed by atoms with E-state index in [1.54, 1.807) is 0 Å². The van der Waals surface area contributed by atoms with E-state index in [4.69, 9.17) is 0 Å². The van der Waals surface area contributed by atoms with Crippen molar-refractivity contribution in [1.82, 2.24) is 4.57 Å². The van der Waals surface area contributed by atoms with Crippen LogP contribution in [0.5, 0.6) is 0 Å². The van der Waals surface area contributed by atoms with Gasteiger partial charge in [-0.25, -0.2) is 0 Å². The van der Waals surface area contributed by atoms with Crippen LogP contribution in [-0.2, 0) is 5.41 Å². The van der Waals surface area contributed by atoms with Crippen LogP contribution in [0.4, 0.5) is 0 Å². The molecular weight excluding hydrogens is 634 g/mol. The van der Waals surface area contributed by atoms with Crippen molar-refractivity contribution in [3.63, 3.8) is 0 Å². The highest BCUT2D eigenvalue weighted by molar-refractivity contribution is 9.10. The fraction of sp³-hybridized carbons (Fsp3) is 0.0667. The molecule has 1 aromatic heterocycles. The first-order valence-corrected chi connectivity index (χ1v) is 17.0. The van der Waals surface area contributed by atoms with E-state index >= 15 is 0 Å². The molecule has 9 rings (SSSR count). The van der Waals surface area contributed by atoms with Crippen LogP contribution >= 0.6 is 15.9 Å². The van der Waals surface area contributed by atoms with Gasteiger partial charge in [-0.1, -0.05) is 133 Å². The van der Waals surface area contributed by atoms with Crippen molar-refractivity contribution in [3.05, 3.63) is 173 Å². The second kappa shape index (κ2) is 10.7. The van der Waals surface area contributed by atoms with Gasteiger partial charge in [-0.3, -0.25) is 0 Å². The van der Waals surface area contributed by atoms with Crippen LogP contribution in [0.1, 0.15) is 25.0 Å². The fourth-order valence-electron chi connectivity index (χ4n) is 7.62. The molecule has 1 aliphatic carbocycles. The number of para-hydroxylation sites is 1. The van der Waals surface area contributed by atoms with Gasteiger partial charge in [0.1, 0.15) is 0 Å². The Balaban J connectivity index is 1.19. The predicted molar refractivity (Wildman–Crippen MR) is 202 cm³/mol. The van der Waals surface area contributed by atoms with Gasteiger partial charge in [0.15, 0.2) is 0 Å². The lowest BCUT2D eigenvalue weighted by atomic mass is 9.81. The molecule has 224 valence electrons. The molecule has 0 N–H and O–H groups in total. The van der Waals surface area contributed by atoms with E-state index in [1.807, 2.05) is 0 Å². The zero-order valence-corrected chi connectivity index (χ0v) is 27.9. The van der Waals surface area contributed by atoms with Crippen molar-refractivity contribution in [2.75, 3.05) is 0 Å². The van der Waals surface area contributed by atoms with Gasteiger partial charge >= 0.3 is 0 Å². The zero-order valence-electron chi connectivity index (χ0n) is 26.3. The highest BCUT2D eigenvalue weighted by Crippen LogP contribution is 2.49. The number of hydrogen-bond donors (Lipinski definition) is 0. The Hall–Kier alpha value is -5.18. The first-order chi connectivity index (χ1) is 23.0. The highest BCUT2D eigenvalue weighted by Gasteiger charge is 2.35. The smallest absolute Gasteiger partial charge is 0.0541 e. The lowest BCUT2D eigenvalue weighted by molar-refractivity contribution is 0.660. The summed E-state index contributed by atoms with van der Waals surface area (Å²) in [5.74, 6) is 0. The van der Waals surface area contributed by atoms with Gasteiger partial charge in [-0.2, -0.15) is 0 Å². The topological polar surface area (TPSA) is 4.93 Å². The molecule has 0 aliphatic heterocycles. The third-order valence-corrected chi connectivity index (χ3v) is 10.6. The molecule has 1 aliphatic rings. The van der Waals surface area contributed by atoms with Crippen molar-refractivity contribution >= 4 is 37.7 Å². The average Bonchev–Trinajstić information content (AvgIpc) is 3.56. The molecule has 0 fully saturated rings. The standard InChI is InChI=1S/C45H32BrN/c1-45(2)41-11-7-6-10-37(41)38-23-18-34(28-42(38)45)33-20-25-44-40(27-33)39-26-32(19-24-43(39)47(44)36-8-4-3-5-9-36)31-14-12-29(13-15-31)30-16-21-35(46)22-17-30/h3-28H,1-2H3. The van der Waals surface area contributed by atoms with E-state index in [0.717, 1.165) is 4.47 Å². The maximum atomic E-state index is 3.55. The van der Waals surface area contributed by atoms with Crippen LogP contribution < -0.4 is 0 Å². The summed E-state index contributed by atoms with van der Waals surface area (Å²) in [6.45, 7) is 4.70. The number of hydrogen-bond acceptors (Lipinski definition) is 0. The second-order valence-electron chi connectivity index (χ2n) is 13.2. The molecule has 0 saturated carbocycles. The predicted octanol–water partition coefficient (Wildman–Crippen LogP) is 12.9. The minimum absolute atomic E-state index is 0.0306. The maximum Gasteiger partial charge on any atom is 0.0541 e. The summed E-state index contributed by atoms with van der Waals surface area (Å²) in [5, 5.41) is 2.52. The minimum Gasteiger partial charge on any atom is -0.309 e. The van der Waals surface area contributed by atoms with E-state index in [2.05, 4.69) is 192 Å². The fourth-order valence-corrected chi connectivity index (χ4v) is 7.88. The van der Waals surface area contributed by atoms with Crippen LogP contribution in [0.3, 0.4) is 0 Å². The minimum atomic E-state index is -0.0306. The van der Waals surface area contributed by atoms with Crippen molar-refractivity contribution in [2.24, 2.45) is 0 Å². The highest BCUT2D eigenvalue weighted by atomic mass is 79.9. The first kappa shape index (κ1) is 28.1. The molecule has 47 heavy (non-hydrogen) atoms. The summed E-state index contributed by atoms with van der Waals surface area (Å²) in [4.78, 5) is 0. The number of benzene rings is 7. The Morgan fingerprint density at radius 2 is 0.894 bits per heavy atom. The zero-order chi connectivity index (χ0) is 31.7. The van der Waals surface area contributed by atoms with Gasteiger partial charge in [0.25, 0.3) is 0 Å². The average molecular weight is 667 g/mol. The van der Waals surface area contributed by atoms with Crippen LogP contribution in [-0.4, -0.2) is 4.57 Å². The quantitative estimate of drug-likeness (QED) is 0.176. The lowest BCUT2D eigenvalue weighted by Gasteiger charge is -2.22. The Bertz CT molecular complexity index is 2460. The van der Waals surface area contributed by atoms with E-state index in [0.29, 0.717) is 0 Å². The summed E-state index contributed by atoms with van der Waals surface area (Å²) in [6.07, 6.45) is 0. The van der Waals surface area contributed by atoms with E-state index in [-0.39, 0.29) is 5.41 Å². The molecule has 0 unspecified atom stereocenters. The summed E-state index contributed by atoms with van der Waals surface area (Å²) in [5.41, 5.74) is 16.4. The summed E-state index contributed by atoms with van der Waals surface area (Å²) >= 11 is 3.55. The van der Waals surface area contributed by atoms with Crippen LogP contribution in [0.15, 0.2) is 162 Å². The van der Waals surface area contributed by atoms with Crippen LogP contribution in [0.25, 0.3) is 72.0 Å².